The number of hydrogen-bond acceptors (Lipinski definition) is 3. The maximum Gasteiger partial charge on any atom is 0.221 e. The largest absolute Gasteiger partial charge is 0.339 e. The lowest BCUT2D eigenvalue weighted by Gasteiger charge is -2.15. The lowest BCUT2D eigenvalue weighted by Crippen LogP contribution is -2.10. The molecule has 0 atom stereocenters. The number of anilines is 3. The van der Waals surface area contributed by atoms with Gasteiger partial charge in [0.1, 0.15) is 5.82 Å². The number of aryl methyl sites for hydroxylation is 1. The van der Waals surface area contributed by atoms with Crippen molar-refractivity contribution in [2.24, 2.45) is 0 Å². The number of nitrogens with zero attached hydrogens (tertiary/aromatic N) is 2. The Hall–Kier alpha value is -3.08. The third-order valence-electron chi connectivity index (χ3n) is 3.69. The molecule has 5 nitrogen and oxygen atoms in total. The van der Waals surface area contributed by atoms with E-state index in [1.165, 1.54) is 12.5 Å². The van der Waals surface area contributed by atoms with Crippen molar-refractivity contribution in [2.45, 2.75) is 20.4 Å². The SMILES string of the molecule is CC(=O)Nc1ccccc1Nc1c(C)cnn1Cc1ccccc1. The molecule has 0 unspecified atom stereocenters. The van der Waals surface area contributed by atoms with Gasteiger partial charge in [0.15, 0.2) is 0 Å². The first kappa shape index (κ1) is 15.8. The average Bonchev–Trinajstić information content (AvgIpc) is 2.90. The van der Waals surface area contributed by atoms with Crippen LogP contribution in [0.3, 0.4) is 0 Å². The van der Waals surface area contributed by atoms with Crippen LogP contribution in [0.25, 0.3) is 0 Å². The molecule has 3 rings (SSSR count). The highest BCUT2D eigenvalue weighted by Gasteiger charge is 2.11. The molecule has 0 saturated heterocycles. The van der Waals surface area contributed by atoms with Gasteiger partial charge in [0, 0.05) is 12.5 Å². The number of amides is 1. The number of rotatable bonds is 5. The van der Waals surface area contributed by atoms with E-state index >= 15 is 0 Å². The maximum atomic E-state index is 11.4. The van der Waals surface area contributed by atoms with E-state index in [-0.39, 0.29) is 5.91 Å². The number of benzene rings is 2. The molecule has 24 heavy (non-hydrogen) atoms. The van der Waals surface area contributed by atoms with Gasteiger partial charge in [-0.1, -0.05) is 42.5 Å². The van der Waals surface area contributed by atoms with Gasteiger partial charge in [-0.25, -0.2) is 4.68 Å². The fourth-order valence-electron chi connectivity index (χ4n) is 2.54. The first-order chi connectivity index (χ1) is 11.6. The van der Waals surface area contributed by atoms with Crippen LogP contribution in [-0.4, -0.2) is 15.7 Å². The molecule has 0 aliphatic carbocycles. The molecule has 1 heterocycles. The molecule has 0 aliphatic heterocycles. The van der Waals surface area contributed by atoms with Gasteiger partial charge in [0.25, 0.3) is 0 Å². The first-order valence-electron chi connectivity index (χ1n) is 7.83. The first-order valence-corrected chi connectivity index (χ1v) is 7.83. The standard InChI is InChI=1S/C19H20N4O/c1-14-12-20-23(13-16-8-4-3-5-9-16)19(14)22-18-11-7-6-10-17(18)21-15(2)24/h3-12,22H,13H2,1-2H3,(H,21,24). The van der Waals surface area contributed by atoms with Gasteiger partial charge in [-0.2, -0.15) is 5.10 Å². The van der Waals surface area contributed by atoms with E-state index in [4.69, 9.17) is 0 Å². The summed E-state index contributed by atoms with van der Waals surface area (Å²) in [5, 5.41) is 10.7. The highest BCUT2D eigenvalue weighted by atomic mass is 16.1. The normalized spacial score (nSPS) is 10.4. The number of hydrogen-bond donors (Lipinski definition) is 2. The molecule has 1 aromatic heterocycles. The summed E-state index contributed by atoms with van der Waals surface area (Å²) in [6.45, 7) is 4.19. The molecule has 0 fully saturated rings. The van der Waals surface area contributed by atoms with Crippen LogP contribution in [0.1, 0.15) is 18.1 Å². The van der Waals surface area contributed by atoms with Gasteiger partial charge in [-0.05, 0) is 24.6 Å². The van der Waals surface area contributed by atoms with Crippen LogP contribution in [0.4, 0.5) is 17.2 Å². The van der Waals surface area contributed by atoms with Crippen molar-refractivity contribution in [2.75, 3.05) is 10.6 Å². The monoisotopic (exact) mass is 320 g/mol. The number of aromatic nitrogens is 2. The predicted molar refractivity (Wildman–Crippen MR) is 96.5 cm³/mol. The highest BCUT2D eigenvalue weighted by Crippen LogP contribution is 2.27. The minimum absolute atomic E-state index is 0.0984. The van der Waals surface area contributed by atoms with Crippen LogP contribution in [0, 0.1) is 6.92 Å². The molecule has 0 saturated carbocycles. The van der Waals surface area contributed by atoms with Gasteiger partial charge in [-0.3, -0.25) is 4.79 Å². The maximum absolute atomic E-state index is 11.4. The Labute approximate surface area is 141 Å². The zero-order chi connectivity index (χ0) is 16.9. The fourth-order valence-corrected chi connectivity index (χ4v) is 2.54. The molecule has 0 bridgehead atoms. The van der Waals surface area contributed by atoms with Crippen molar-refractivity contribution in [3.8, 4) is 0 Å². The Bertz CT molecular complexity index is 840. The summed E-state index contributed by atoms with van der Waals surface area (Å²) in [6.07, 6.45) is 1.84. The van der Waals surface area contributed by atoms with E-state index in [0.717, 1.165) is 22.8 Å². The topological polar surface area (TPSA) is 59.0 Å². The second-order valence-electron chi connectivity index (χ2n) is 5.67. The third-order valence-corrected chi connectivity index (χ3v) is 3.69. The minimum Gasteiger partial charge on any atom is -0.339 e. The third kappa shape index (κ3) is 3.63. The Morgan fingerprint density at radius 1 is 1.04 bits per heavy atom. The molecule has 2 N–H and O–H groups in total. The molecule has 0 aliphatic rings. The van der Waals surface area contributed by atoms with E-state index in [0.29, 0.717) is 6.54 Å². The molecule has 0 radical (unpaired) electrons. The lowest BCUT2D eigenvalue weighted by molar-refractivity contribution is -0.114. The van der Waals surface area contributed by atoms with Crippen LogP contribution in [0.5, 0.6) is 0 Å². The van der Waals surface area contributed by atoms with E-state index in [2.05, 4.69) is 27.9 Å². The zero-order valence-electron chi connectivity index (χ0n) is 13.8. The summed E-state index contributed by atoms with van der Waals surface area (Å²) in [6, 6.07) is 17.8. The average molecular weight is 320 g/mol. The fraction of sp³-hybridized carbons (Fsp3) is 0.158. The zero-order valence-corrected chi connectivity index (χ0v) is 13.8. The summed E-state index contributed by atoms with van der Waals surface area (Å²) in [4.78, 5) is 11.4. The van der Waals surface area contributed by atoms with Crippen molar-refractivity contribution >= 4 is 23.1 Å². The van der Waals surface area contributed by atoms with Gasteiger partial charge >= 0.3 is 0 Å². The lowest BCUT2D eigenvalue weighted by atomic mass is 10.2. The van der Waals surface area contributed by atoms with Crippen molar-refractivity contribution < 1.29 is 4.79 Å². The second kappa shape index (κ2) is 7.00. The smallest absolute Gasteiger partial charge is 0.221 e. The van der Waals surface area contributed by atoms with E-state index < -0.39 is 0 Å². The van der Waals surface area contributed by atoms with Crippen molar-refractivity contribution in [1.29, 1.82) is 0 Å². The van der Waals surface area contributed by atoms with Crippen LogP contribution in [0.15, 0.2) is 60.8 Å². The van der Waals surface area contributed by atoms with E-state index in [9.17, 15) is 4.79 Å². The summed E-state index contributed by atoms with van der Waals surface area (Å²) < 4.78 is 1.93. The van der Waals surface area contributed by atoms with E-state index in [1.807, 2.05) is 60.3 Å². The van der Waals surface area contributed by atoms with Gasteiger partial charge in [-0.15, -0.1) is 0 Å². The quantitative estimate of drug-likeness (QED) is 0.748. The van der Waals surface area contributed by atoms with Crippen molar-refractivity contribution in [3.63, 3.8) is 0 Å². The molecule has 5 heteroatoms. The van der Waals surface area contributed by atoms with Gasteiger partial charge in [0.05, 0.1) is 24.1 Å². The Balaban J connectivity index is 1.88. The Morgan fingerprint density at radius 2 is 1.71 bits per heavy atom. The molecule has 0 spiro atoms. The summed E-state index contributed by atoms with van der Waals surface area (Å²) in [7, 11) is 0. The van der Waals surface area contributed by atoms with E-state index in [1.54, 1.807) is 0 Å². The van der Waals surface area contributed by atoms with Crippen LogP contribution in [0.2, 0.25) is 0 Å². The number of para-hydroxylation sites is 2. The van der Waals surface area contributed by atoms with Gasteiger partial charge in [0.2, 0.25) is 5.91 Å². The molecular weight excluding hydrogens is 300 g/mol. The Morgan fingerprint density at radius 3 is 2.42 bits per heavy atom. The molecule has 3 aromatic rings. The summed E-state index contributed by atoms with van der Waals surface area (Å²) in [5.74, 6) is 0.815. The molecule has 2 aromatic carbocycles. The molecule has 122 valence electrons. The predicted octanol–water partition coefficient (Wildman–Crippen LogP) is 3.94. The van der Waals surface area contributed by atoms with Crippen LogP contribution < -0.4 is 10.6 Å². The van der Waals surface area contributed by atoms with Crippen LogP contribution in [-0.2, 0) is 11.3 Å². The summed E-state index contributed by atoms with van der Waals surface area (Å²) >= 11 is 0. The molecule has 1 amide bonds. The minimum atomic E-state index is -0.0984. The number of carbonyl (C=O) groups excluding carboxylic acids is 1. The molecular formula is C19H20N4O. The van der Waals surface area contributed by atoms with Gasteiger partial charge < -0.3 is 10.6 Å². The number of carbonyl (C=O) groups is 1. The highest BCUT2D eigenvalue weighted by molar-refractivity contribution is 5.93. The number of nitrogens with one attached hydrogen (secondary N) is 2. The van der Waals surface area contributed by atoms with Crippen molar-refractivity contribution in [3.05, 3.63) is 71.9 Å². The summed E-state index contributed by atoms with van der Waals surface area (Å²) in [5.41, 5.74) is 3.81. The van der Waals surface area contributed by atoms with Crippen LogP contribution >= 0.6 is 0 Å². The second-order valence-corrected chi connectivity index (χ2v) is 5.67. The Kier molecular flexibility index (Phi) is 4.61. The van der Waals surface area contributed by atoms with Crippen molar-refractivity contribution in [1.82, 2.24) is 9.78 Å².